The van der Waals surface area contributed by atoms with E-state index >= 15 is 0 Å². The Balaban J connectivity index is 4.26. The zero-order valence-electron chi connectivity index (χ0n) is 13.0. The Morgan fingerprint density at radius 3 is 2.06 bits per heavy atom. The molecule has 0 fully saturated rings. The van der Waals surface area contributed by atoms with Crippen LogP contribution in [0.2, 0.25) is 0 Å². The van der Waals surface area contributed by atoms with E-state index < -0.39 is 0 Å². The van der Waals surface area contributed by atoms with Crippen LogP contribution < -0.4 is 5.32 Å². The molecule has 0 rings (SSSR count). The number of rotatable bonds is 8. The smallest absolute Gasteiger partial charge is 0.0637 e. The van der Waals surface area contributed by atoms with Crippen LogP contribution in [0.3, 0.4) is 0 Å². The maximum absolute atomic E-state index is 5.48. The van der Waals surface area contributed by atoms with Gasteiger partial charge in [-0.2, -0.15) is 0 Å². The highest BCUT2D eigenvalue weighted by Gasteiger charge is 2.23. The van der Waals surface area contributed by atoms with E-state index in [2.05, 4.69) is 58.9 Å². The zero-order chi connectivity index (χ0) is 13.6. The van der Waals surface area contributed by atoms with Gasteiger partial charge in [-0.15, -0.1) is 0 Å². The summed E-state index contributed by atoms with van der Waals surface area (Å²) in [6.45, 7) is 12.1. The molecule has 0 aliphatic heterocycles. The van der Waals surface area contributed by atoms with Gasteiger partial charge >= 0.3 is 0 Å². The molecule has 0 heterocycles. The topological polar surface area (TPSA) is 24.5 Å². The summed E-state index contributed by atoms with van der Waals surface area (Å²) in [5.74, 6) is 0.644. The second-order valence-corrected chi connectivity index (χ2v) is 6.35. The summed E-state index contributed by atoms with van der Waals surface area (Å²) in [6.07, 6.45) is 1.03. The summed E-state index contributed by atoms with van der Waals surface area (Å²) < 4.78 is 5.48. The second kappa shape index (κ2) is 7.34. The Kier molecular flexibility index (Phi) is 7.29. The zero-order valence-corrected chi connectivity index (χ0v) is 13.0. The molecular weight excluding hydrogens is 212 g/mol. The molecule has 0 spiro atoms. The first-order valence-corrected chi connectivity index (χ1v) is 6.64. The summed E-state index contributed by atoms with van der Waals surface area (Å²) in [5, 5.41) is 3.72. The van der Waals surface area contributed by atoms with Crippen LogP contribution in [0.1, 0.15) is 41.0 Å². The van der Waals surface area contributed by atoms with Crippen molar-refractivity contribution in [3.05, 3.63) is 0 Å². The Labute approximate surface area is 108 Å². The van der Waals surface area contributed by atoms with Crippen molar-refractivity contribution in [2.24, 2.45) is 5.92 Å². The Hall–Kier alpha value is -0.120. The van der Waals surface area contributed by atoms with Crippen molar-refractivity contribution in [3.8, 4) is 0 Å². The number of methoxy groups -OCH3 is 1. The molecule has 0 amide bonds. The molecule has 2 unspecified atom stereocenters. The van der Waals surface area contributed by atoms with Crippen LogP contribution in [0.25, 0.3) is 0 Å². The Morgan fingerprint density at radius 1 is 1.18 bits per heavy atom. The summed E-state index contributed by atoms with van der Waals surface area (Å²) in [5.41, 5.74) is -0.0495. The van der Waals surface area contributed by atoms with Gasteiger partial charge in [-0.05, 0) is 47.2 Å². The molecule has 3 nitrogen and oxygen atoms in total. The first-order chi connectivity index (χ1) is 7.68. The molecule has 0 saturated heterocycles. The van der Waals surface area contributed by atoms with E-state index in [0.717, 1.165) is 13.0 Å². The molecule has 0 bridgehead atoms. The van der Waals surface area contributed by atoms with Gasteiger partial charge in [0.25, 0.3) is 0 Å². The predicted molar refractivity (Wildman–Crippen MR) is 75.5 cm³/mol. The van der Waals surface area contributed by atoms with Crippen LogP contribution in [0.5, 0.6) is 0 Å². The molecule has 104 valence electrons. The monoisotopic (exact) mass is 244 g/mol. The maximum Gasteiger partial charge on any atom is 0.0637 e. The number of nitrogens with one attached hydrogen (secondary N) is 1. The standard InChI is InChI=1S/C14H32N2O/c1-11(2)13(10-16(6)7)15-12(3)9-14(4,5)17-8/h11-13,15H,9-10H2,1-8H3. The van der Waals surface area contributed by atoms with E-state index in [9.17, 15) is 0 Å². The molecule has 0 aromatic heterocycles. The first-order valence-electron chi connectivity index (χ1n) is 6.64. The van der Waals surface area contributed by atoms with E-state index in [0.29, 0.717) is 18.0 Å². The van der Waals surface area contributed by atoms with Gasteiger partial charge in [0.1, 0.15) is 0 Å². The Bertz CT molecular complexity index is 202. The normalized spacial score (nSPS) is 16.6. The summed E-state index contributed by atoms with van der Waals surface area (Å²) in [4.78, 5) is 2.24. The SMILES string of the molecule is COC(C)(C)CC(C)NC(CN(C)C)C(C)C. The minimum Gasteiger partial charge on any atom is -0.379 e. The number of nitrogens with zero attached hydrogens (tertiary/aromatic N) is 1. The third kappa shape index (κ3) is 7.74. The molecule has 0 radical (unpaired) electrons. The lowest BCUT2D eigenvalue weighted by Crippen LogP contribution is -2.48. The van der Waals surface area contributed by atoms with Crippen molar-refractivity contribution >= 4 is 0 Å². The third-order valence-corrected chi connectivity index (χ3v) is 3.22. The van der Waals surface area contributed by atoms with Crippen molar-refractivity contribution in [1.82, 2.24) is 10.2 Å². The minimum absolute atomic E-state index is 0.0495. The van der Waals surface area contributed by atoms with Crippen molar-refractivity contribution < 1.29 is 4.74 Å². The van der Waals surface area contributed by atoms with Crippen LogP contribution in [-0.4, -0.2) is 50.3 Å². The fraction of sp³-hybridized carbons (Fsp3) is 1.00. The average molecular weight is 244 g/mol. The molecule has 1 N–H and O–H groups in total. The van der Waals surface area contributed by atoms with E-state index in [4.69, 9.17) is 4.74 Å². The molecule has 3 heteroatoms. The number of ether oxygens (including phenoxy) is 1. The summed E-state index contributed by atoms with van der Waals surface area (Å²) in [6, 6.07) is 1.00. The largest absolute Gasteiger partial charge is 0.379 e. The van der Waals surface area contributed by atoms with Crippen molar-refractivity contribution in [2.75, 3.05) is 27.7 Å². The second-order valence-electron chi connectivity index (χ2n) is 6.35. The lowest BCUT2D eigenvalue weighted by atomic mass is 9.97. The van der Waals surface area contributed by atoms with Crippen LogP contribution >= 0.6 is 0 Å². The van der Waals surface area contributed by atoms with Crippen LogP contribution in [-0.2, 0) is 4.74 Å². The summed E-state index contributed by atoms with van der Waals surface area (Å²) in [7, 11) is 6.04. The van der Waals surface area contributed by atoms with E-state index in [1.165, 1.54) is 0 Å². The fourth-order valence-corrected chi connectivity index (χ4v) is 2.09. The van der Waals surface area contributed by atoms with Gasteiger partial charge in [-0.1, -0.05) is 13.8 Å². The summed E-state index contributed by atoms with van der Waals surface area (Å²) >= 11 is 0. The lowest BCUT2D eigenvalue weighted by Gasteiger charge is -2.32. The van der Waals surface area contributed by atoms with Crippen LogP contribution in [0.15, 0.2) is 0 Å². The first kappa shape index (κ1) is 16.9. The molecule has 0 aliphatic carbocycles. The molecule has 0 aromatic carbocycles. The maximum atomic E-state index is 5.48. The minimum atomic E-state index is -0.0495. The molecule has 2 atom stereocenters. The van der Waals surface area contributed by atoms with Crippen molar-refractivity contribution in [3.63, 3.8) is 0 Å². The van der Waals surface area contributed by atoms with E-state index in [-0.39, 0.29) is 5.60 Å². The molecule has 0 aromatic rings. The van der Waals surface area contributed by atoms with Gasteiger partial charge in [-0.25, -0.2) is 0 Å². The highest BCUT2D eigenvalue weighted by molar-refractivity contribution is 4.81. The molecule has 0 aliphatic rings. The van der Waals surface area contributed by atoms with Crippen LogP contribution in [0.4, 0.5) is 0 Å². The number of hydrogen-bond donors (Lipinski definition) is 1. The lowest BCUT2D eigenvalue weighted by molar-refractivity contribution is 0.00687. The third-order valence-electron chi connectivity index (χ3n) is 3.22. The van der Waals surface area contributed by atoms with Crippen molar-refractivity contribution in [2.45, 2.75) is 58.7 Å². The van der Waals surface area contributed by atoms with Gasteiger partial charge in [0.2, 0.25) is 0 Å². The van der Waals surface area contributed by atoms with Gasteiger partial charge in [0, 0.05) is 25.7 Å². The van der Waals surface area contributed by atoms with Gasteiger partial charge < -0.3 is 15.0 Å². The van der Waals surface area contributed by atoms with Gasteiger partial charge in [-0.3, -0.25) is 0 Å². The average Bonchev–Trinajstić information content (AvgIpc) is 2.15. The van der Waals surface area contributed by atoms with E-state index in [1.54, 1.807) is 7.11 Å². The quantitative estimate of drug-likeness (QED) is 0.709. The fourth-order valence-electron chi connectivity index (χ4n) is 2.09. The van der Waals surface area contributed by atoms with Gasteiger partial charge in [0.05, 0.1) is 5.60 Å². The number of hydrogen-bond acceptors (Lipinski definition) is 3. The number of likely N-dealkylation sites (N-methyl/N-ethyl adjacent to an activating group) is 1. The van der Waals surface area contributed by atoms with Gasteiger partial charge in [0.15, 0.2) is 0 Å². The molecule has 0 saturated carbocycles. The Morgan fingerprint density at radius 2 is 1.71 bits per heavy atom. The van der Waals surface area contributed by atoms with Crippen molar-refractivity contribution in [1.29, 1.82) is 0 Å². The molecule has 17 heavy (non-hydrogen) atoms. The predicted octanol–water partition coefficient (Wildman–Crippen LogP) is 2.37. The molecular formula is C14H32N2O. The van der Waals surface area contributed by atoms with Crippen LogP contribution in [0, 0.1) is 5.92 Å². The highest BCUT2D eigenvalue weighted by Crippen LogP contribution is 2.16. The van der Waals surface area contributed by atoms with E-state index in [1.807, 2.05) is 0 Å². The highest BCUT2D eigenvalue weighted by atomic mass is 16.5.